The number of aromatic nitrogens is 1. The van der Waals surface area contributed by atoms with Crippen molar-refractivity contribution in [3.63, 3.8) is 0 Å². The minimum absolute atomic E-state index is 0.378. The Bertz CT molecular complexity index is 459. The third-order valence-electron chi connectivity index (χ3n) is 3.77. The number of nitrogens with zero attached hydrogens (tertiary/aromatic N) is 2. The minimum Gasteiger partial charge on any atom is -0.464 e. The van der Waals surface area contributed by atoms with E-state index in [0.29, 0.717) is 11.7 Å². The first kappa shape index (κ1) is 15.9. The molecule has 0 spiro atoms. The fourth-order valence-electron chi connectivity index (χ4n) is 2.79. The standard InChI is InChI=1S/C16H25N3O2/c1-3-10-19(11-13-7-5-9-17-13)12-14-6-4-8-15(18-14)16(20)21-2/h4,6,8,13,17H,3,5,7,9-12H2,1-2H3. The molecule has 1 unspecified atom stereocenters. The molecule has 1 N–H and O–H groups in total. The summed E-state index contributed by atoms with van der Waals surface area (Å²) in [5.41, 5.74) is 1.30. The SMILES string of the molecule is CCCN(Cc1cccc(C(=O)OC)n1)CC1CCCN1. The molecule has 1 aliphatic heterocycles. The van der Waals surface area contributed by atoms with Crippen LogP contribution in [0.1, 0.15) is 42.4 Å². The van der Waals surface area contributed by atoms with Crippen molar-refractivity contribution in [2.24, 2.45) is 0 Å². The van der Waals surface area contributed by atoms with Crippen LogP contribution in [0, 0.1) is 0 Å². The third kappa shape index (κ3) is 4.79. The lowest BCUT2D eigenvalue weighted by atomic mass is 10.2. The molecule has 0 bridgehead atoms. The Balaban J connectivity index is 1.99. The van der Waals surface area contributed by atoms with Crippen molar-refractivity contribution >= 4 is 5.97 Å². The second-order valence-corrected chi connectivity index (χ2v) is 5.53. The van der Waals surface area contributed by atoms with Crippen molar-refractivity contribution in [1.82, 2.24) is 15.2 Å². The summed E-state index contributed by atoms with van der Waals surface area (Å²) in [5, 5.41) is 3.53. The van der Waals surface area contributed by atoms with Gasteiger partial charge in [-0.15, -0.1) is 0 Å². The summed E-state index contributed by atoms with van der Waals surface area (Å²) < 4.78 is 4.73. The zero-order chi connectivity index (χ0) is 15.1. The van der Waals surface area contributed by atoms with Gasteiger partial charge in [0.2, 0.25) is 0 Å². The van der Waals surface area contributed by atoms with Gasteiger partial charge in [-0.1, -0.05) is 13.0 Å². The normalized spacial score (nSPS) is 18.1. The van der Waals surface area contributed by atoms with E-state index in [0.717, 1.165) is 38.3 Å². The highest BCUT2D eigenvalue weighted by molar-refractivity contribution is 5.87. The van der Waals surface area contributed by atoms with Crippen molar-refractivity contribution < 1.29 is 9.53 Å². The van der Waals surface area contributed by atoms with Gasteiger partial charge in [-0.2, -0.15) is 0 Å². The predicted octanol–water partition coefficient (Wildman–Crippen LogP) is 1.83. The Kier molecular flexibility index (Phi) is 6.14. The number of nitrogens with one attached hydrogen (secondary N) is 1. The Morgan fingerprint density at radius 3 is 3.05 bits per heavy atom. The fraction of sp³-hybridized carbons (Fsp3) is 0.625. The highest BCUT2D eigenvalue weighted by Crippen LogP contribution is 2.11. The van der Waals surface area contributed by atoms with Gasteiger partial charge < -0.3 is 10.1 Å². The quantitative estimate of drug-likeness (QED) is 0.777. The molecule has 21 heavy (non-hydrogen) atoms. The summed E-state index contributed by atoms with van der Waals surface area (Å²) >= 11 is 0. The Labute approximate surface area is 126 Å². The van der Waals surface area contributed by atoms with Gasteiger partial charge in [0.1, 0.15) is 5.69 Å². The van der Waals surface area contributed by atoms with E-state index in [1.165, 1.54) is 20.0 Å². The monoisotopic (exact) mass is 291 g/mol. The first-order valence-electron chi connectivity index (χ1n) is 7.73. The molecule has 1 fully saturated rings. The van der Waals surface area contributed by atoms with E-state index in [4.69, 9.17) is 4.74 Å². The Morgan fingerprint density at radius 1 is 1.52 bits per heavy atom. The van der Waals surface area contributed by atoms with Crippen LogP contribution in [-0.2, 0) is 11.3 Å². The first-order valence-corrected chi connectivity index (χ1v) is 7.73. The Morgan fingerprint density at radius 2 is 2.38 bits per heavy atom. The number of pyridine rings is 1. The second kappa shape index (κ2) is 8.10. The van der Waals surface area contributed by atoms with E-state index in [-0.39, 0.29) is 5.97 Å². The van der Waals surface area contributed by atoms with Crippen LogP contribution < -0.4 is 5.32 Å². The number of hydrogen-bond acceptors (Lipinski definition) is 5. The second-order valence-electron chi connectivity index (χ2n) is 5.53. The van der Waals surface area contributed by atoms with Crippen molar-refractivity contribution in [1.29, 1.82) is 0 Å². The van der Waals surface area contributed by atoms with Gasteiger partial charge in [-0.25, -0.2) is 9.78 Å². The summed E-state index contributed by atoms with van der Waals surface area (Å²) in [6, 6.07) is 6.11. The summed E-state index contributed by atoms with van der Waals surface area (Å²) in [5.74, 6) is -0.378. The van der Waals surface area contributed by atoms with E-state index in [1.54, 1.807) is 6.07 Å². The van der Waals surface area contributed by atoms with Crippen LogP contribution in [0.5, 0.6) is 0 Å². The summed E-state index contributed by atoms with van der Waals surface area (Å²) in [4.78, 5) is 18.4. The minimum atomic E-state index is -0.378. The molecule has 1 atom stereocenters. The highest BCUT2D eigenvalue weighted by Gasteiger charge is 2.18. The number of rotatable bonds is 7. The smallest absolute Gasteiger partial charge is 0.356 e. The average molecular weight is 291 g/mol. The van der Waals surface area contributed by atoms with E-state index in [9.17, 15) is 4.79 Å². The van der Waals surface area contributed by atoms with E-state index in [2.05, 4.69) is 22.1 Å². The zero-order valence-corrected chi connectivity index (χ0v) is 13.0. The van der Waals surface area contributed by atoms with Gasteiger partial charge >= 0.3 is 5.97 Å². The molecule has 0 aliphatic carbocycles. The van der Waals surface area contributed by atoms with Crippen LogP contribution >= 0.6 is 0 Å². The molecule has 1 aromatic heterocycles. The van der Waals surface area contributed by atoms with Crippen molar-refractivity contribution in [3.05, 3.63) is 29.6 Å². The van der Waals surface area contributed by atoms with Gasteiger partial charge in [0.25, 0.3) is 0 Å². The maximum absolute atomic E-state index is 11.5. The first-order chi connectivity index (χ1) is 10.2. The van der Waals surface area contributed by atoms with Crippen LogP contribution in [0.2, 0.25) is 0 Å². The van der Waals surface area contributed by atoms with Crippen LogP contribution in [0.4, 0.5) is 0 Å². The number of esters is 1. The van der Waals surface area contributed by atoms with Crippen LogP contribution in [0.3, 0.4) is 0 Å². The summed E-state index contributed by atoms with van der Waals surface area (Å²) in [7, 11) is 1.38. The topological polar surface area (TPSA) is 54.5 Å². The van der Waals surface area contributed by atoms with Gasteiger partial charge in [-0.3, -0.25) is 4.90 Å². The predicted molar refractivity (Wildman–Crippen MR) is 82.2 cm³/mol. The fourth-order valence-corrected chi connectivity index (χ4v) is 2.79. The molecule has 0 saturated carbocycles. The lowest BCUT2D eigenvalue weighted by Crippen LogP contribution is -2.37. The van der Waals surface area contributed by atoms with Crippen LogP contribution in [0.15, 0.2) is 18.2 Å². The molecule has 5 nitrogen and oxygen atoms in total. The van der Waals surface area contributed by atoms with Crippen molar-refractivity contribution in [3.8, 4) is 0 Å². The van der Waals surface area contributed by atoms with E-state index >= 15 is 0 Å². The molecular weight excluding hydrogens is 266 g/mol. The lowest BCUT2D eigenvalue weighted by Gasteiger charge is -2.25. The number of carbonyl (C=O) groups excluding carboxylic acids is 1. The van der Waals surface area contributed by atoms with E-state index < -0.39 is 0 Å². The maximum Gasteiger partial charge on any atom is 0.356 e. The number of hydrogen-bond donors (Lipinski definition) is 1. The summed E-state index contributed by atoms with van der Waals surface area (Å²) in [6.45, 7) is 6.17. The van der Waals surface area contributed by atoms with Crippen LogP contribution in [-0.4, -0.2) is 48.6 Å². The molecule has 2 heterocycles. The molecule has 1 saturated heterocycles. The molecular formula is C16H25N3O2. The van der Waals surface area contributed by atoms with Crippen LogP contribution in [0.25, 0.3) is 0 Å². The molecule has 1 aromatic rings. The molecule has 0 amide bonds. The number of carbonyl (C=O) groups is 1. The summed E-state index contributed by atoms with van der Waals surface area (Å²) in [6.07, 6.45) is 3.62. The molecule has 1 aliphatic rings. The highest BCUT2D eigenvalue weighted by atomic mass is 16.5. The van der Waals surface area contributed by atoms with Gasteiger partial charge in [0.15, 0.2) is 0 Å². The molecule has 116 valence electrons. The molecule has 0 aromatic carbocycles. The average Bonchev–Trinajstić information content (AvgIpc) is 3.00. The largest absolute Gasteiger partial charge is 0.464 e. The van der Waals surface area contributed by atoms with E-state index in [1.807, 2.05) is 12.1 Å². The Hall–Kier alpha value is -1.46. The van der Waals surface area contributed by atoms with Crippen molar-refractivity contribution in [2.75, 3.05) is 26.7 Å². The number of methoxy groups -OCH3 is 1. The lowest BCUT2D eigenvalue weighted by molar-refractivity contribution is 0.0593. The molecule has 2 rings (SSSR count). The van der Waals surface area contributed by atoms with Gasteiger partial charge in [-0.05, 0) is 44.5 Å². The number of ether oxygens (including phenoxy) is 1. The van der Waals surface area contributed by atoms with Gasteiger partial charge in [0.05, 0.1) is 12.8 Å². The van der Waals surface area contributed by atoms with Gasteiger partial charge in [0, 0.05) is 19.1 Å². The maximum atomic E-state index is 11.5. The van der Waals surface area contributed by atoms with Crippen molar-refractivity contribution in [2.45, 2.75) is 38.8 Å². The molecule has 0 radical (unpaired) electrons. The zero-order valence-electron chi connectivity index (χ0n) is 13.0. The molecule has 5 heteroatoms. The third-order valence-corrected chi connectivity index (χ3v) is 3.77.